The molecule has 0 bridgehead atoms. The van der Waals surface area contributed by atoms with E-state index in [1.54, 1.807) is 0 Å². The molecule has 1 rings (SSSR count). The summed E-state index contributed by atoms with van der Waals surface area (Å²) >= 11 is 0. The zero-order valence-electron chi connectivity index (χ0n) is 8.57. The first kappa shape index (κ1) is 10.2. The maximum atomic E-state index is 9.98. The SMILES string of the molecule is CC(C)[N+](C)(O)Cc1ccccc1. The Morgan fingerprint density at radius 2 is 1.77 bits per heavy atom. The fourth-order valence-corrected chi connectivity index (χ4v) is 1.14. The van der Waals surface area contributed by atoms with E-state index in [2.05, 4.69) is 0 Å². The van der Waals surface area contributed by atoms with E-state index in [1.165, 1.54) is 5.56 Å². The van der Waals surface area contributed by atoms with Crippen LogP contribution in [0.3, 0.4) is 0 Å². The molecule has 2 nitrogen and oxygen atoms in total. The molecule has 0 heterocycles. The predicted molar refractivity (Wildman–Crippen MR) is 53.3 cm³/mol. The zero-order chi connectivity index (χ0) is 9.90. The van der Waals surface area contributed by atoms with Crippen LogP contribution in [0.4, 0.5) is 0 Å². The van der Waals surface area contributed by atoms with Gasteiger partial charge in [-0.25, -0.2) is 5.21 Å². The van der Waals surface area contributed by atoms with Crippen LogP contribution in [-0.4, -0.2) is 22.9 Å². The van der Waals surface area contributed by atoms with Crippen LogP contribution >= 0.6 is 0 Å². The van der Waals surface area contributed by atoms with Gasteiger partial charge in [-0.2, -0.15) is 4.65 Å². The molecule has 0 fully saturated rings. The second-order valence-electron chi connectivity index (χ2n) is 3.95. The number of quaternary nitrogens is 1. The number of nitrogens with zero attached hydrogens (tertiary/aromatic N) is 1. The van der Waals surface area contributed by atoms with Gasteiger partial charge in [0, 0.05) is 5.56 Å². The highest BCUT2D eigenvalue weighted by Crippen LogP contribution is 2.12. The third-order valence-electron chi connectivity index (χ3n) is 2.46. The molecule has 0 aliphatic heterocycles. The number of hydrogen-bond donors (Lipinski definition) is 1. The molecule has 0 spiro atoms. The van der Waals surface area contributed by atoms with Crippen LogP contribution in [0.15, 0.2) is 30.3 Å². The third kappa shape index (κ3) is 2.83. The van der Waals surface area contributed by atoms with Crippen LogP contribution in [0.5, 0.6) is 0 Å². The van der Waals surface area contributed by atoms with Crippen LogP contribution in [0.1, 0.15) is 19.4 Å². The van der Waals surface area contributed by atoms with E-state index in [0.29, 0.717) is 6.54 Å². The Balaban J connectivity index is 2.69. The van der Waals surface area contributed by atoms with E-state index in [1.807, 2.05) is 51.2 Å². The summed E-state index contributed by atoms with van der Waals surface area (Å²) in [5.41, 5.74) is 1.17. The van der Waals surface area contributed by atoms with Gasteiger partial charge in [-0.05, 0) is 13.8 Å². The maximum absolute atomic E-state index is 9.98. The fraction of sp³-hybridized carbons (Fsp3) is 0.455. The molecule has 0 amide bonds. The van der Waals surface area contributed by atoms with Crippen LogP contribution in [0.2, 0.25) is 0 Å². The van der Waals surface area contributed by atoms with Crippen molar-refractivity contribution in [3.8, 4) is 0 Å². The second kappa shape index (κ2) is 3.90. The van der Waals surface area contributed by atoms with Crippen molar-refractivity contribution in [3.05, 3.63) is 35.9 Å². The van der Waals surface area contributed by atoms with Crippen LogP contribution < -0.4 is 0 Å². The van der Waals surface area contributed by atoms with Crippen molar-refractivity contribution in [2.45, 2.75) is 26.4 Å². The topological polar surface area (TPSA) is 20.2 Å². The molecule has 0 radical (unpaired) electrons. The van der Waals surface area contributed by atoms with E-state index >= 15 is 0 Å². The molecular formula is C11H18NO+. The summed E-state index contributed by atoms with van der Waals surface area (Å²) in [6, 6.07) is 10.3. The lowest BCUT2D eigenvalue weighted by Gasteiger charge is -2.29. The standard InChI is InChI=1S/C11H18NO/c1-10(2)12(3,13)9-11-7-5-4-6-8-11/h4-8,10,13H,9H2,1-3H3/q+1. The van der Waals surface area contributed by atoms with Crippen molar-refractivity contribution >= 4 is 0 Å². The molecule has 72 valence electrons. The van der Waals surface area contributed by atoms with Crippen molar-refractivity contribution in [2.24, 2.45) is 0 Å². The van der Waals surface area contributed by atoms with E-state index in [4.69, 9.17) is 0 Å². The summed E-state index contributed by atoms with van der Waals surface area (Å²) in [5.74, 6) is 0. The van der Waals surface area contributed by atoms with Crippen LogP contribution in [0.25, 0.3) is 0 Å². The minimum atomic E-state index is 0.0456. The van der Waals surface area contributed by atoms with Crippen molar-refractivity contribution in [1.29, 1.82) is 0 Å². The smallest absolute Gasteiger partial charge is 0.134 e. The Kier molecular flexibility index (Phi) is 3.07. The van der Waals surface area contributed by atoms with Gasteiger partial charge in [0.2, 0.25) is 0 Å². The van der Waals surface area contributed by atoms with Crippen LogP contribution in [-0.2, 0) is 6.54 Å². The summed E-state index contributed by atoms with van der Waals surface area (Å²) < 4.78 is 0.0456. The molecule has 1 atom stereocenters. The summed E-state index contributed by atoms with van der Waals surface area (Å²) in [4.78, 5) is 0. The largest absolute Gasteiger partial charge is 0.217 e. The molecule has 2 heteroatoms. The van der Waals surface area contributed by atoms with Crippen molar-refractivity contribution < 1.29 is 9.85 Å². The van der Waals surface area contributed by atoms with Gasteiger partial charge in [0.25, 0.3) is 0 Å². The second-order valence-corrected chi connectivity index (χ2v) is 3.95. The molecule has 13 heavy (non-hydrogen) atoms. The lowest BCUT2D eigenvalue weighted by Crippen LogP contribution is -2.45. The summed E-state index contributed by atoms with van der Waals surface area (Å²) in [7, 11) is 1.83. The van der Waals surface area contributed by atoms with Crippen molar-refractivity contribution in [3.63, 3.8) is 0 Å². The first-order valence-electron chi connectivity index (χ1n) is 4.64. The fourth-order valence-electron chi connectivity index (χ4n) is 1.14. The molecule has 1 aromatic rings. The van der Waals surface area contributed by atoms with Gasteiger partial charge in [0.15, 0.2) is 0 Å². The number of hydrogen-bond acceptors (Lipinski definition) is 1. The molecule has 0 aliphatic carbocycles. The lowest BCUT2D eigenvalue weighted by atomic mass is 10.2. The molecule has 0 saturated carbocycles. The first-order chi connectivity index (χ1) is 6.02. The third-order valence-corrected chi connectivity index (χ3v) is 2.46. The van der Waals surface area contributed by atoms with Gasteiger partial charge in [0.1, 0.15) is 12.6 Å². The molecule has 0 saturated heterocycles. The molecule has 0 aromatic heterocycles. The average Bonchev–Trinajstić information content (AvgIpc) is 2.05. The quantitative estimate of drug-likeness (QED) is 0.559. The Labute approximate surface area is 80.0 Å². The number of benzene rings is 1. The number of hydroxylamine groups is 3. The average molecular weight is 180 g/mol. The zero-order valence-corrected chi connectivity index (χ0v) is 8.57. The summed E-state index contributed by atoms with van der Waals surface area (Å²) in [5, 5.41) is 9.98. The molecule has 1 N–H and O–H groups in total. The van der Waals surface area contributed by atoms with Gasteiger partial charge >= 0.3 is 0 Å². The van der Waals surface area contributed by atoms with Crippen molar-refractivity contribution in [2.75, 3.05) is 7.05 Å². The summed E-state index contributed by atoms with van der Waals surface area (Å²) in [6.07, 6.45) is 0. The highest BCUT2D eigenvalue weighted by atomic mass is 16.5. The first-order valence-corrected chi connectivity index (χ1v) is 4.64. The van der Waals surface area contributed by atoms with Crippen molar-refractivity contribution in [1.82, 2.24) is 0 Å². The van der Waals surface area contributed by atoms with Crippen LogP contribution in [0, 0.1) is 0 Å². The van der Waals surface area contributed by atoms with Gasteiger partial charge in [-0.15, -0.1) is 0 Å². The Hall–Kier alpha value is -0.860. The monoisotopic (exact) mass is 180 g/mol. The predicted octanol–water partition coefficient (Wildman–Crippen LogP) is 2.43. The normalized spacial score (nSPS) is 15.8. The lowest BCUT2D eigenvalue weighted by molar-refractivity contribution is -1.11. The minimum absolute atomic E-state index is 0.0456. The van der Waals surface area contributed by atoms with Gasteiger partial charge < -0.3 is 0 Å². The highest BCUT2D eigenvalue weighted by Gasteiger charge is 2.23. The molecule has 1 unspecified atom stereocenters. The molecule has 1 aromatic carbocycles. The Morgan fingerprint density at radius 1 is 1.23 bits per heavy atom. The van der Waals surface area contributed by atoms with Gasteiger partial charge in [-0.1, -0.05) is 30.3 Å². The molecule has 0 aliphatic rings. The number of rotatable bonds is 3. The summed E-state index contributed by atoms with van der Waals surface area (Å²) in [6.45, 7) is 4.70. The van der Waals surface area contributed by atoms with Gasteiger partial charge in [-0.3, -0.25) is 0 Å². The van der Waals surface area contributed by atoms with E-state index < -0.39 is 0 Å². The highest BCUT2D eigenvalue weighted by molar-refractivity contribution is 5.13. The Bertz CT molecular complexity index is 254. The maximum Gasteiger partial charge on any atom is 0.134 e. The van der Waals surface area contributed by atoms with E-state index in [0.717, 1.165) is 0 Å². The molecular weight excluding hydrogens is 162 g/mol. The van der Waals surface area contributed by atoms with Gasteiger partial charge in [0.05, 0.1) is 7.05 Å². The minimum Gasteiger partial charge on any atom is -0.217 e. The van der Waals surface area contributed by atoms with E-state index in [-0.39, 0.29) is 10.7 Å². The van der Waals surface area contributed by atoms with E-state index in [9.17, 15) is 5.21 Å². The Morgan fingerprint density at radius 3 is 2.23 bits per heavy atom.